The van der Waals surface area contributed by atoms with Crippen LogP contribution in [0.25, 0.3) is 0 Å². The average Bonchev–Trinajstić information content (AvgIpc) is 2.42. The highest BCUT2D eigenvalue weighted by molar-refractivity contribution is 6.30. The molecule has 0 bridgehead atoms. The molecule has 2 rings (SSSR count). The number of benzene rings is 1. The summed E-state index contributed by atoms with van der Waals surface area (Å²) in [4.78, 5) is 15.5. The second-order valence-corrected chi connectivity index (χ2v) is 4.33. The number of halogens is 1. The lowest BCUT2D eigenvalue weighted by molar-refractivity contribution is 0.0600. The molecule has 4 nitrogen and oxygen atoms in total. The maximum absolute atomic E-state index is 11.4. The van der Waals surface area contributed by atoms with Crippen LogP contribution in [0.1, 0.15) is 15.9 Å². The Labute approximate surface area is 115 Å². The minimum atomic E-state index is -0.423. The van der Waals surface area contributed by atoms with Gasteiger partial charge < -0.3 is 9.47 Å². The van der Waals surface area contributed by atoms with Gasteiger partial charge in [0.15, 0.2) is 0 Å². The molecular weight excluding hydrogens is 266 g/mol. The van der Waals surface area contributed by atoms with Crippen LogP contribution >= 0.6 is 11.6 Å². The number of carbonyl (C=O) groups is 1. The van der Waals surface area contributed by atoms with Gasteiger partial charge in [0.2, 0.25) is 5.88 Å². The van der Waals surface area contributed by atoms with Crippen LogP contribution in [0.5, 0.6) is 11.6 Å². The topological polar surface area (TPSA) is 48.4 Å². The van der Waals surface area contributed by atoms with Gasteiger partial charge in [-0.1, -0.05) is 11.6 Å². The Hall–Kier alpha value is -2.07. The third-order valence-corrected chi connectivity index (χ3v) is 2.73. The van der Waals surface area contributed by atoms with Crippen molar-refractivity contribution in [1.29, 1.82) is 0 Å². The smallest absolute Gasteiger partial charge is 0.339 e. The molecule has 0 fully saturated rings. The molecule has 2 aromatic rings. The lowest BCUT2D eigenvalue weighted by Crippen LogP contribution is -2.03. The van der Waals surface area contributed by atoms with Crippen LogP contribution in [0.4, 0.5) is 0 Å². The second kappa shape index (κ2) is 5.71. The Balaban J connectivity index is 2.22. The molecular formula is C14H12ClNO3. The fourth-order valence-corrected chi connectivity index (χ4v) is 1.64. The van der Waals surface area contributed by atoms with E-state index >= 15 is 0 Å². The first-order valence-corrected chi connectivity index (χ1v) is 5.96. The zero-order valence-electron chi connectivity index (χ0n) is 10.5. The van der Waals surface area contributed by atoms with Crippen molar-refractivity contribution >= 4 is 17.6 Å². The van der Waals surface area contributed by atoms with E-state index in [1.807, 2.05) is 6.92 Å². The van der Waals surface area contributed by atoms with E-state index in [0.29, 0.717) is 22.2 Å². The highest BCUT2D eigenvalue weighted by atomic mass is 35.5. The highest BCUT2D eigenvalue weighted by Crippen LogP contribution is 2.24. The molecule has 0 atom stereocenters. The van der Waals surface area contributed by atoms with Crippen molar-refractivity contribution in [3.05, 3.63) is 52.7 Å². The van der Waals surface area contributed by atoms with Crippen molar-refractivity contribution < 1.29 is 14.3 Å². The zero-order chi connectivity index (χ0) is 13.8. The summed E-state index contributed by atoms with van der Waals surface area (Å²) in [6, 6.07) is 8.63. The van der Waals surface area contributed by atoms with Gasteiger partial charge in [0.05, 0.1) is 12.7 Å². The third kappa shape index (κ3) is 3.23. The number of esters is 1. The normalized spacial score (nSPS) is 10.1. The molecule has 0 saturated heterocycles. The summed E-state index contributed by atoms with van der Waals surface area (Å²) < 4.78 is 10.2. The van der Waals surface area contributed by atoms with Crippen LogP contribution in [0.3, 0.4) is 0 Å². The summed E-state index contributed by atoms with van der Waals surface area (Å²) in [6.07, 6.45) is 1.42. The second-order valence-electron chi connectivity index (χ2n) is 3.89. The number of nitrogens with zero attached hydrogens (tertiary/aromatic N) is 1. The van der Waals surface area contributed by atoms with Gasteiger partial charge in [-0.2, -0.15) is 0 Å². The number of pyridine rings is 1. The molecule has 0 saturated carbocycles. The van der Waals surface area contributed by atoms with Crippen molar-refractivity contribution in [2.24, 2.45) is 0 Å². The summed E-state index contributed by atoms with van der Waals surface area (Å²) in [5.41, 5.74) is 1.14. The van der Waals surface area contributed by atoms with Crippen molar-refractivity contribution in [1.82, 2.24) is 4.98 Å². The Morgan fingerprint density at radius 2 is 1.95 bits per heavy atom. The van der Waals surface area contributed by atoms with Crippen LogP contribution < -0.4 is 4.74 Å². The molecule has 0 unspecified atom stereocenters. The van der Waals surface area contributed by atoms with Crippen LogP contribution in [0.15, 0.2) is 36.5 Å². The van der Waals surface area contributed by atoms with Gasteiger partial charge in [0.25, 0.3) is 0 Å². The van der Waals surface area contributed by atoms with Crippen LogP contribution in [-0.4, -0.2) is 18.1 Å². The van der Waals surface area contributed by atoms with E-state index < -0.39 is 5.97 Å². The first-order valence-electron chi connectivity index (χ1n) is 5.58. The van der Waals surface area contributed by atoms with Gasteiger partial charge in [0, 0.05) is 16.8 Å². The summed E-state index contributed by atoms with van der Waals surface area (Å²) >= 11 is 5.79. The molecule has 19 heavy (non-hydrogen) atoms. The Bertz CT molecular complexity index is 596. The first kappa shape index (κ1) is 13.4. The van der Waals surface area contributed by atoms with Crippen LogP contribution in [0.2, 0.25) is 5.02 Å². The largest absolute Gasteiger partial charge is 0.465 e. The molecule has 0 aliphatic rings. The van der Waals surface area contributed by atoms with Gasteiger partial charge in [-0.3, -0.25) is 0 Å². The number of rotatable bonds is 3. The highest BCUT2D eigenvalue weighted by Gasteiger charge is 2.10. The van der Waals surface area contributed by atoms with E-state index in [0.717, 1.165) is 5.56 Å². The lowest BCUT2D eigenvalue weighted by Gasteiger charge is -2.08. The maximum atomic E-state index is 11.4. The molecule has 0 radical (unpaired) electrons. The molecule has 0 aliphatic carbocycles. The monoisotopic (exact) mass is 277 g/mol. The van der Waals surface area contributed by atoms with Crippen molar-refractivity contribution in [2.75, 3.05) is 7.11 Å². The number of ether oxygens (including phenoxy) is 2. The summed E-state index contributed by atoms with van der Waals surface area (Å²) in [7, 11) is 1.33. The fraction of sp³-hybridized carbons (Fsp3) is 0.143. The number of aromatic nitrogens is 1. The van der Waals surface area contributed by atoms with Crippen molar-refractivity contribution in [2.45, 2.75) is 6.92 Å². The molecule has 1 aromatic carbocycles. The van der Waals surface area contributed by atoms with E-state index in [1.165, 1.54) is 13.3 Å². The maximum Gasteiger partial charge on any atom is 0.339 e. The molecule has 1 heterocycles. The van der Waals surface area contributed by atoms with E-state index in [9.17, 15) is 4.79 Å². The summed E-state index contributed by atoms with van der Waals surface area (Å²) in [6.45, 7) is 1.81. The zero-order valence-corrected chi connectivity index (χ0v) is 11.3. The summed E-state index contributed by atoms with van der Waals surface area (Å²) in [5.74, 6) is 0.648. The molecule has 0 spiro atoms. The molecule has 1 aromatic heterocycles. The number of hydrogen-bond acceptors (Lipinski definition) is 4. The van der Waals surface area contributed by atoms with E-state index in [1.54, 1.807) is 30.3 Å². The van der Waals surface area contributed by atoms with Crippen LogP contribution in [-0.2, 0) is 4.74 Å². The Morgan fingerprint density at radius 3 is 2.53 bits per heavy atom. The van der Waals surface area contributed by atoms with Crippen molar-refractivity contribution in [3.8, 4) is 11.6 Å². The van der Waals surface area contributed by atoms with E-state index in [2.05, 4.69) is 9.72 Å². The first-order chi connectivity index (χ1) is 9.10. The van der Waals surface area contributed by atoms with Crippen molar-refractivity contribution in [3.63, 3.8) is 0 Å². The quantitative estimate of drug-likeness (QED) is 0.804. The molecule has 0 aliphatic heterocycles. The lowest BCUT2D eigenvalue weighted by atomic mass is 10.2. The summed E-state index contributed by atoms with van der Waals surface area (Å²) in [5, 5.41) is 0.637. The standard InChI is InChI=1S/C14H12ClNO3/c1-9-7-10(14(17)18-2)8-16-13(9)19-12-5-3-11(15)4-6-12/h3-8H,1-2H3. The predicted octanol–water partition coefficient (Wildman–Crippen LogP) is 3.62. The molecule has 0 N–H and O–H groups in total. The van der Waals surface area contributed by atoms with Gasteiger partial charge in [-0.05, 0) is 37.3 Å². The Kier molecular flexibility index (Phi) is 4.02. The number of hydrogen-bond donors (Lipinski definition) is 0. The number of aryl methyl sites for hydroxylation is 1. The fourth-order valence-electron chi connectivity index (χ4n) is 1.51. The average molecular weight is 278 g/mol. The van der Waals surface area contributed by atoms with E-state index in [4.69, 9.17) is 16.3 Å². The minimum absolute atomic E-state index is 0.392. The predicted molar refractivity (Wildman–Crippen MR) is 71.8 cm³/mol. The number of carbonyl (C=O) groups excluding carboxylic acids is 1. The molecule has 5 heteroatoms. The minimum Gasteiger partial charge on any atom is -0.465 e. The third-order valence-electron chi connectivity index (χ3n) is 2.48. The van der Waals surface area contributed by atoms with E-state index in [-0.39, 0.29) is 0 Å². The van der Waals surface area contributed by atoms with Crippen LogP contribution in [0, 0.1) is 6.92 Å². The molecule has 0 amide bonds. The number of methoxy groups -OCH3 is 1. The van der Waals surface area contributed by atoms with Gasteiger partial charge in [0.1, 0.15) is 5.75 Å². The Morgan fingerprint density at radius 1 is 1.26 bits per heavy atom. The SMILES string of the molecule is COC(=O)c1cnc(Oc2ccc(Cl)cc2)c(C)c1. The van der Waals surface area contributed by atoms with Gasteiger partial charge in [-0.15, -0.1) is 0 Å². The molecule has 98 valence electrons. The van der Waals surface area contributed by atoms with Gasteiger partial charge in [-0.25, -0.2) is 9.78 Å². The van der Waals surface area contributed by atoms with Gasteiger partial charge >= 0.3 is 5.97 Å².